The van der Waals surface area contributed by atoms with Crippen molar-refractivity contribution in [3.8, 4) is 0 Å². The highest BCUT2D eigenvalue weighted by Crippen LogP contribution is 2.28. The van der Waals surface area contributed by atoms with Crippen LogP contribution >= 0.6 is 11.3 Å². The molecule has 2 amide bonds. The molecule has 0 saturated carbocycles. The van der Waals surface area contributed by atoms with Gasteiger partial charge in [-0.2, -0.15) is 0 Å². The first-order valence-electron chi connectivity index (χ1n) is 9.33. The molecule has 0 bridgehead atoms. The number of anilines is 1. The summed E-state index contributed by atoms with van der Waals surface area (Å²) < 4.78 is 24.1. The first-order chi connectivity index (χ1) is 14.0. The largest absolute Gasteiger partial charge is 0.340 e. The number of aryl methyl sites for hydroxylation is 1. The fraction of sp³-hybridized carbons (Fsp3) is 0.286. The van der Waals surface area contributed by atoms with Crippen LogP contribution in [-0.2, 0) is 14.6 Å². The van der Waals surface area contributed by atoms with E-state index in [2.05, 4.69) is 15.6 Å². The highest BCUT2D eigenvalue weighted by molar-refractivity contribution is 7.90. The van der Waals surface area contributed by atoms with Gasteiger partial charge in [0.15, 0.2) is 15.0 Å². The van der Waals surface area contributed by atoms with E-state index < -0.39 is 15.9 Å². The Morgan fingerprint density at radius 1 is 1.07 bits per heavy atom. The standard InChI is InChI=1S/C21H23N3O4S2/c1-12(2)18(23-19(25)14-7-5-13(3)6-8-14)20(26)24-21-22-16-10-9-15(30(4,27)28)11-17(16)29-21/h5-12,18H,1-4H3,(H,23,25)(H,22,24,26)/t18-/m0/s1. The number of nitrogens with one attached hydrogen (secondary N) is 2. The molecule has 0 aliphatic heterocycles. The first-order valence-corrected chi connectivity index (χ1v) is 12.0. The normalized spacial score (nSPS) is 12.7. The van der Waals surface area contributed by atoms with Gasteiger partial charge in [0.2, 0.25) is 5.91 Å². The van der Waals surface area contributed by atoms with Crippen LogP contribution in [0.1, 0.15) is 29.8 Å². The molecule has 0 aliphatic rings. The van der Waals surface area contributed by atoms with Crippen molar-refractivity contribution in [2.24, 2.45) is 5.92 Å². The molecule has 1 aromatic heterocycles. The molecule has 2 aromatic carbocycles. The third kappa shape index (κ3) is 5.03. The number of nitrogens with zero attached hydrogens (tertiary/aromatic N) is 1. The third-order valence-corrected chi connectivity index (χ3v) is 6.61. The maximum absolute atomic E-state index is 12.8. The van der Waals surface area contributed by atoms with Crippen molar-refractivity contribution in [3.63, 3.8) is 0 Å². The van der Waals surface area contributed by atoms with Gasteiger partial charge in [0.25, 0.3) is 5.91 Å². The smallest absolute Gasteiger partial charge is 0.251 e. The molecular weight excluding hydrogens is 422 g/mol. The Labute approximate surface area is 179 Å². The van der Waals surface area contributed by atoms with Crippen LogP contribution in [-0.4, -0.2) is 37.5 Å². The maximum Gasteiger partial charge on any atom is 0.251 e. The summed E-state index contributed by atoms with van der Waals surface area (Å²) >= 11 is 1.18. The van der Waals surface area contributed by atoms with Crippen molar-refractivity contribution in [1.82, 2.24) is 10.3 Å². The summed E-state index contributed by atoms with van der Waals surface area (Å²) in [6, 6.07) is 11.0. The quantitative estimate of drug-likeness (QED) is 0.605. The van der Waals surface area contributed by atoms with Gasteiger partial charge >= 0.3 is 0 Å². The summed E-state index contributed by atoms with van der Waals surface area (Å²) in [5, 5.41) is 5.87. The average molecular weight is 446 g/mol. The number of carbonyl (C=O) groups excluding carboxylic acids is 2. The Morgan fingerprint density at radius 3 is 2.33 bits per heavy atom. The molecule has 9 heteroatoms. The number of carbonyl (C=O) groups is 2. The van der Waals surface area contributed by atoms with Crippen LogP contribution in [0.25, 0.3) is 10.2 Å². The molecule has 3 aromatic rings. The predicted molar refractivity (Wildman–Crippen MR) is 119 cm³/mol. The zero-order valence-electron chi connectivity index (χ0n) is 17.1. The number of aromatic nitrogens is 1. The molecule has 0 unspecified atom stereocenters. The van der Waals surface area contributed by atoms with Gasteiger partial charge in [-0.1, -0.05) is 42.9 Å². The highest BCUT2D eigenvalue weighted by Gasteiger charge is 2.25. The van der Waals surface area contributed by atoms with Gasteiger partial charge in [-0.05, 0) is 43.2 Å². The Hall–Kier alpha value is -2.78. The van der Waals surface area contributed by atoms with Crippen molar-refractivity contribution < 1.29 is 18.0 Å². The molecule has 2 N–H and O–H groups in total. The van der Waals surface area contributed by atoms with Crippen molar-refractivity contribution in [2.75, 3.05) is 11.6 Å². The van der Waals surface area contributed by atoms with E-state index in [9.17, 15) is 18.0 Å². The summed E-state index contributed by atoms with van der Waals surface area (Å²) in [5.74, 6) is -0.857. The fourth-order valence-electron chi connectivity index (χ4n) is 2.84. The van der Waals surface area contributed by atoms with Crippen molar-refractivity contribution in [3.05, 3.63) is 53.6 Å². The van der Waals surface area contributed by atoms with E-state index >= 15 is 0 Å². The van der Waals surface area contributed by atoms with Gasteiger partial charge in [-0.15, -0.1) is 0 Å². The lowest BCUT2D eigenvalue weighted by molar-refractivity contribution is -0.118. The summed E-state index contributed by atoms with van der Waals surface area (Å²) in [6.07, 6.45) is 1.14. The molecule has 7 nitrogen and oxygen atoms in total. The lowest BCUT2D eigenvalue weighted by Gasteiger charge is -2.21. The number of amides is 2. The van der Waals surface area contributed by atoms with E-state index in [0.29, 0.717) is 20.9 Å². The zero-order chi connectivity index (χ0) is 22.1. The van der Waals surface area contributed by atoms with E-state index in [0.717, 1.165) is 11.8 Å². The maximum atomic E-state index is 12.8. The second kappa shape index (κ2) is 8.53. The molecule has 30 heavy (non-hydrogen) atoms. The second-order valence-electron chi connectivity index (χ2n) is 7.47. The van der Waals surface area contributed by atoms with E-state index in [1.165, 1.54) is 23.5 Å². The van der Waals surface area contributed by atoms with Crippen LogP contribution in [0.15, 0.2) is 47.4 Å². The topological polar surface area (TPSA) is 105 Å². The molecule has 0 saturated heterocycles. The van der Waals surface area contributed by atoms with Crippen LogP contribution < -0.4 is 10.6 Å². The second-order valence-corrected chi connectivity index (χ2v) is 10.5. The number of hydrogen-bond acceptors (Lipinski definition) is 6. The van der Waals surface area contributed by atoms with Crippen LogP contribution in [0.5, 0.6) is 0 Å². The number of sulfone groups is 1. The van der Waals surface area contributed by atoms with Gasteiger partial charge in [-0.3, -0.25) is 9.59 Å². The van der Waals surface area contributed by atoms with Crippen molar-refractivity contribution in [2.45, 2.75) is 31.7 Å². The van der Waals surface area contributed by atoms with Gasteiger partial charge in [0.05, 0.1) is 15.1 Å². The van der Waals surface area contributed by atoms with Gasteiger partial charge in [-0.25, -0.2) is 13.4 Å². The Kier molecular flexibility index (Phi) is 6.23. The summed E-state index contributed by atoms with van der Waals surface area (Å²) in [6.45, 7) is 5.62. The highest BCUT2D eigenvalue weighted by atomic mass is 32.2. The van der Waals surface area contributed by atoms with Gasteiger partial charge in [0, 0.05) is 11.8 Å². The summed E-state index contributed by atoms with van der Waals surface area (Å²) in [5.41, 5.74) is 2.11. The molecular formula is C21H23N3O4S2. The minimum atomic E-state index is -3.33. The zero-order valence-corrected chi connectivity index (χ0v) is 18.7. The predicted octanol–water partition coefficient (Wildman–Crippen LogP) is 3.40. The molecule has 0 fully saturated rings. The van der Waals surface area contributed by atoms with Crippen molar-refractivity contribution in [1.29, 1.82) is 0 Å². The van der Waals surface area contributed by atoms with Gasteiger partial charge < -0.3 is 10.6 Å². The van der Waals surface area contributed by atoms with Crippen LogP contribution in [0.4, 0.5) is 5.13 Å². The number of benzene rings is 2. The molecule has 0 radical (unpaired) electrons. The molecule has 158 valence electrons. The third-order valence-electron chi connectivity index (χ3n) is 4.57. The van der Waals surface area contributed by atoms with Crippen LogP contribution in [0, 0.1) is 12.8 Å². The minimum absolute atomic E-state index is 0.148. The Morgan fingerprint density at radius 2 is 1.73 bits per heavy atom. The molecule has 0 spiro atoms. The first kappa shape index (κ1) is 21.9. The number of thiazole rings is 1. The fourth-order valence-corrected chi connectivity index (χ4v) is 4.47. The van der Waals surface area contributed by atoms with Crippen LogP contribution in [0.2, 0.25) is 0 Å². The number of fused-ring (bicyclic) bond motifs is 1. The van der Waals surface area contributed by atoms with E-state index in [4.69, 9.17) is 0 Å². The summed E-state index contributed by atoms with van der Waals surface area (Å²) in [4.78, 5) is 29.9. The summed E-state index contributed by atoms with van der Waals surface area (Å²) in [7, 11) is -3.33. The molecule has 1 heterocycles. The molecule has 3 rings (SSSR count). The van der Waals surface area contributed by atoms with Crippen molar-refractivity contribution >= 4 is 48.3 Å². The van der Waals surface area contributed by atoms with E-state index in [1.54, 1.807) is 18.2 Å². The average Bonchev–Trinajstić information content (AvgIpc) is 3.06. The molecule has 1 atom stereocenters. The Bertz CT molecular complexity index is 1200. The van der Waals surface area contributed by atoms with Crippen LogP contribution in [0.3, 0.4) is 0 Å². The SMILES string of the molecule is Cc1ccc(C(=O)N[C@H](C(=O)Nc2nc3ccc(S(C)(=O)=O)cc3s2)C(C)C)cc1. The van der Waals surface area contributed by atoms with Gasteiger partial charge in [0.1, 0.15) is 6.04 Å². The van der Waals surface area contributed by atoms with E-state index in [1.807, 2.05) is 32.9 Å². The lowest BCUT2D eigenvalue weighted by atomic mass is 10.0. The molecule has 0 aliphatic carbocycles. The minimum Gasteiger partial charge on any atom is -0.340 e. The van der Waals surface area contributed by atoms with E-state index in [-0.39, 0.29) is 22.6 Å². The number of rotatable bonds is 6. The lowest BCUT2D eigenvalue weighted by Crippen LogP contribution is -2.47. The Balaban J connectivity index is 1.77. The monoisotopic (exact) mass is 445 g/mol. The number of hydrogen-bond donors (Lipinski definition) is 2.